The smallest absolute Gasteiger partial charge is 0.227 e. The van der Waals surface area contributed by atoms with Crippen LogP contribution in [0.5, 0.6) is 0 Å². The summed E-state index contributed by atoms with van der Waals surface area (Å²) in [6, 6.07) is 11.5. The van der Waals surface area contributed by atoms with Crippen LogP contribution in [0.3, 0.4) is 0 Å². The number of carbonyl (C=O) groups is 1. The lowest BCUT2D eigenvalue weighted by Gasteiger charge is -2.10. The molecule has 122 valence electrons. The van der Waals surface area contributed by atoms with E-state index in [0.717, 1.165) is 11.8 Å². The zero-order valence-corrected chi connectivity index (χ0v) is 13.1. The van der Waals surface area contributed by atoms with Crippen molar-refractivity contribution in [1.82, 2.24) is 14.8 Å². The third-order valence-corrected chi connectivity index (χ3v) is 4.12. The van der Waals surface area contributed by atoms with E-state index in [4.69, 9.17) is 5.73 Å². The molecule has 0 atom stereocenters. The summed E-state index contributed by atoms with van der Waals surface area (Å²) in [5.74, 6) is -0.745. The first-order valence-electron chi connectivity index (χ1n) is 6.93. The van der Waals surface area contributed by atoms with E-state index < -0.39 is 5.91 Å². The Kier molecular flexibility index (Phi) is 4.57. The number of benzene rings is 2. The summed E-state index contributed by atoms with van der Waals surface area (Å²) < 4.78 is 28.0. The van der Waals surface area contributed by atoms with Gasteiger partial charge in [0.2, 0.25) is 5.91 Å². The number of rotatable bonds is 5. The van der Waals surface area contributed by atoms with Gasteiger partial charge in [-0.15, -0.1) is 10.2 Å². The zero-order chi connectivity index (χ0) is 17.1. The first kappa shape index (κ1) is 16.1. The summed E-state index contributed by atoms with van der Waals surface area (Å²) in [5.41, 5.74) is 6.43. The van der Waals surface area contributed by atoms with Gasteiger partial charge >= 0.3 is 0 Å². The number of primary amides is 1. The van der Waals surface area contributed by atoms with E-state index in [2.05, 4.69) is 10.2 Å². The van der Waals surface area contributed by atoms with Crippen molar-refractivity contribution in [2.45, 2.75) is 5.16 Å². The summed E-state index contributed by atoms with van der Waals surface area (Å²) >= 11 is 1.12. The SMILES string of the molecule is NC(=O)CSc1nnc(-c2ccc(F)cc2)n1-c1ccc(F)cc1. The largest absolute Gasteiger partial charge is 0.369 e. The Labute approximate surface area is 140 Å². The molecular weight excluding hydrogens is 334 g/mol. The second-order valence-electron chi connectivity index (χ2n) is 4.88. The predicted molar refractivity (Wildman–Crippen MR) is 86.6 cm³/mol. The molecule has 0 radical (unpaired) electrons. The van der Waals surface area contributed by atoms with Crippen LogP contribution >= 0.6 is 11.8 Å². The molecule has 0 aliphatic rings. The Morgan fingerprint density at radius 2 is 1.58 bits per heavy atom. The molecule has 3 rings (SSSR count). The molecule has 0 spiro atoms. The molecule has 3 aromatic rings. The van der Waals surface area contributed by atoms with Gasteiger partial charge in [-0.1, -0.05) is 11.8 Å². The van der Waals surface area contributed by atoms with Crippen LogP contribution in [0.15, 0.2) is 53.7 Å². The fourth-order valence-electron chi connectivity index (χ4n) is 2.11. The van der Waals surface area contributed by atoms with Gasteiger partial charge in [0.25, 0.3) is 0 Å². The maximum Gasteiger partial charge on any atom is 0.227 e. The molecule has 1 aromatic heterocycles. The molecule has 1 heterocycles. The maximum atomic E-state index is 13.2. The highest BCUT2D eigenvalue weighted by molar-refractivity contribution is 7.99. The van der Waals surface area contributed by atoms with Gasteiger partial charge in [0.05, 0.1) is 5.75 Å². The third-order valence-electron chi connectivity index (χ3n) is 3.16. The number of amides is 1. The second-order valence-corrected chi connectivity index (χ2v) is 5.82. The summed E-state index contributed by atoms with van der Waals surface area (Å²) in [5, 5.41) is 8.61. The average molecular weight is 346 g/mol. The Morgan fingerprint density at radius 3 is 2.17 bits per heavy atom. The van der Waals surface area contributed by atoms with Crippen LogP contribution < -0.4 is 5.73 Å². The highest BCUT2D eigenvalue weighted by Gasteiger charge is 2.17. The molecule has 2 N–H and O–H groups in total. The van der Waals surface area contributed by atoms with Crippen molar-refractivity contribution in [3.05, 3.63) is 60.2 Å². The van der Waals surface area contributed by atoms with Crippen molar-refractivity contribution in [3.63, 3.8) is 0 Å². The third kappa shape index (κ3) is 3.43. The number of carbonyl (C=O) groups excluding carboxylic acids is 1. The molecule has 0 fully saturated rings. The Morgan fingerprint density at radius 1 is 1.00 bits per heavy atom. The second kappa shape index (κ2) is 6.79. The van der Waals surface area contributed by atoms with Crippen LogP contribution in [0.4, 0.5) is 8.78 Å². The first-order chi connectivity index (χ1) is 11.5. The summed E-state index contributed by atoms with van der Waals surface area (Å²) in [6.07, 6.45) is 0. The molecular formula is C16H12F2N4OS. The van der Waals surface area contributed by atoms with E-state index in [0.29, 0.717) is 22.2 Å². The van der Waals surface area contributed by atoms with Crippen molar-refractivity contribution in [2.24, 2.45) is 5.73 Å². The standard InChI is InChI=1S/C16H12F2N4OS/c17-11-3-1-10(2-4-11)15-20-21-16(24-9-14(19)23)22(15)13-7-5-12(18)6-8-13/h1-8H,9H2,(H2,19,23). The summed E-state index contributed by atoms with van der Waals surface area (Å²) in [7, 11) is 0. The maximum absolute atomic E-state index is 13.2. The zero-order valence-electron chi connectivity index (χ0n) is 12.3. The van der Waals surface area contributed by atoms with E-state index in [1.165, 1.54) is 24.3 Å². The number of nitrogens with zero attached hydrogens (tertiary/aromatic N) is 3. The van der Waals surface area contributed by atoms with Crippen molar-refractivity contribution in [2.75, 3.05) is 5.75 Å². The minimum absolute atomic E-state index is 0.0305. The Hall–Kier alpha value is -2.74. The molecule has 0 unspecified atom stereocenters. The first-order valence-corrected chi connectivity index (χ1v) is 7.91. The summed E-state index contributed by atoms with van der Waals surface area (Å²) in [4.78, 5) is 11.0. The fraction of sp³-hybridized carbons (Fsp3) is 0.0625. The molecule has 5 nitrogen and oxygen atoms in total. The Balaban J connectivity index is 2.09. The van der Waals surface area contributed by atoms with Crippen molar-refractivity contribution >= 4 is 17.7 Å². The van der Waals surface area contributed by atoms with Crippen LogP contribution in [0.1, 0.15) is 0 Å². The normalized spacial score (nSPS) is 10.8. The molecule has 0 aliphatic heterocycles. The quantitative estimate of drug-likeness (QED) is 0.721. The molecule has 0 bridgehead atoms. The Bertz CT molecular complexity index is 863. The van der Waals surface area contributed by atoms with E-state index in [-0.39, 0.29) is 17.4 Å². The number of halogens is 2. The van der Waals surface area contributed by atoms with Gasteiger partial charge in [0, 0.05) is 11.3 Å². The molecule has 0 saturated carbocycles. The highest BCUT2D eigenvalue weighted by Crippen LogP contribution is 2.28. The molecule has 0 aliphatic carbocycles. The lowest BCUT2D eigenvalue weighted by atomic mass is 10.2. The monoisotopic (exact) mass is 346 g/mol. The number of nitrogens with two attached hydrogens (primary N) is 1. The van der Waals surface area contributed by atoms with Crippen molar-refractivity contribution < 1.29 is 13.6 Å². The average Bonchev–Trinajstić information content (AvgIpc) is 2.98. The van der Waals surface area contributed by atoms with E-state index in [9.17, 15) is 13.6 Å². The van der Waals surface area contributed by atoms with Gasteiger partial charge in [-0.05, 0) is 48.5 Å². The molecule has 24 heavy (non-hydrogen) atoms. The fourth-order valence-corrected chi connectivity index (χ4v) is 2.80. The molecule has 2 aromatic carbocycles. The lowest BCUT2D eigenvalue weighted by molar-refractivity contribution is -0.115. The predicted octanol–water partition coefficient (Wildman–Crippen LogP) is 2.79. The van der Waals surface area contributed by atoms with E-state index in [1.54, 1.807) is 28.8 Å². The van der Waals surface area contributed by atoms with Crippen molar-refractivity contribution in [1.29, 1.82) is 0 Å². The van der Waals surface area contributed by atoms with Gasteiger partial charge in [0.1, 0.15) is 11.6 Å². The van der Waals surface area contributed by atoms with Gasteiger partial charge in [0.15, 0.2) is 11.0 Å². The topological polar surface area (TPSA) is 73.8 Å². The van der Waals surface area contributed by atoms with Crippen LogP contribution in [0, 0.1) is 11.6 Å². The van der Waals surface area contributed by atoms with Crippen molar-refractivity contribution in [3.8, 4) is 17.1 Å². The minimum Gasteiger partial charge on any atom is -0.369 e. The number of aromatic nitrogens is 3. The van der Waals surface area contributed by atoms with E-state index in [1.807, 2.05) is 0 Å². The van der Waals surface area contributed by atoms with E-state index >= 15 is 0 Å². The highest BCUT2D eigenvalue weighted by atomic mass is 32.2. The van der Waals surface area contributed by atoms with Crippen LogP contribution in [0.2, 0.25) is 0 Å². The lowest BCUT2D eigenvalue weighted by Crippen LogP contribution is -2.13. The number of hydrogen-bond acceptors (Lipinski definition) is 4. The van der Waals surface area contributed by atoms with Crippen LogP contribution in [-0.4, -0.2) is 26.4 Å². The molecule has 0 saturated heterocycles. The molecule has 1 amide bonds. The van der Waals surface area contributed by atoms with Gasteiger partial charge < -0.3 is 5.73 Å². The minimum atomic E-state index is -0.489. The summed E-state index contributed by atoms with van der Waals surface area (Å²) in [6.45, 7) is 0. The molecule has 8 heteroatoms. The van der Waals surface area contributed by atoms with Gasteiger partial charge in [-0.3, -0.25) is 9.36 Å². The van der Waals surface area contributed by atoms with Crippen LogP contribution in [-0.2, 0) is 4.79 Å². The van der Waals surface area contributed by atoms with Crippen LogP contribution in [0.25, 0.3) is 17.1 Å². The number of thioether (sulfide) groups is 1. The van der Waals surface area contributed by atoms with Gasteiger partial charge in [-0.2, -0.15) is 0 Å². The number of hydrogen-bond donors (Lipinski definition) is 1. The van der Waals surface area contributed by atoms with Gasteiger partial charge in [-0.25, -0.2) is 8.78 Å².